The fourth-order valence-electron chi connectivity index (χ4n) is 1.48. The molecule has 16 heavy (non-hydrogen) atoms. The molecule has 0 radical (unpaired) electrons. The Kier molecular flexibility index (Phi) is 3.11. The molecule has 1 heterocycles. The van der Waals surface area contributed by atoms with Gasteiger partial charge in [0, 0.05) is 20.1 Å². The van der Waals surface area contributed by atoms with E-state index >= 15 is 0 Å². The van der Waals surface area contributed by atoms with Gasteiger partial charge in [0.05, 0.1) is 0 Å². The molecule has 1 aromatic carbocycles. The topological polar surface area (TPSA) is 81.7 Å². The summed E-state index contributed by atoms with van der Waals surface area (Å²) in [4.78, 5) is 0. The third-order valence-electron chi connectivity index (χ3n) is 2.40. The summed E-state index contributed by atoms with van der Waals surface area (Å²) in [6.07, 6.45) is 0. The first kappa shape index (κ1) is 10.6. The lowest BCUT2D eigenvalue weighted by molar-refractivity contribution is 0.712. The first-order valence-electron chi connectivity index (χ1n) is 5.04. The van der Waals surface area contributed by atoms with E-state index in [0.29, 0.717) is 19.0 Å². The molecule has 0 saturated heterocycles. The van der Waals surface area contributed by atoms with Crippen LogP contribution in [0.4, 0.5) is 5.95 Å². The van der Waals surface area contributed by atoms with Gasteiger partial charge in [0.15, 0.2) is 0 Å². The summed E-state index contributed by atoms with van der Waals surface area (Å²) in [7, 11) is 1.79. The molecule has 1 aromatic heterocycles. The Labute approximate surface area is 93.5 Å². The zero-order valence-corrected chi connectivity index (χ0v) is 9.09. The van der Waals surface area contributed by atoms with Crippen LogP contribution in [-0.2, 0) is 20.1 Å². The number of anilines is 1. The number of nitrogens with zero attached hydrogens (tertiary/aromatic N) is 4. The number of tetrazole rings is 1. The Morgan fingerprint density at radius 1 is 1.31 bits per heavy atom. The lowest BCUT2D eigenvalue weighted by atomic mass is 10.1. The number of hydrogen-bond acceptors (Lipinski definition) is 5. The van der Waals surface area contributed by atoms with Crippen LogP contribution < -0.4 is 11.1 Å². The number of nitrogens with two attached hydrogens (primary N) is 1. The molecule has 6 heteroatoms. The van der Waals surface area contributed by atoms with Crippen molar-refractivity contribution in [1.29, 1.82) is 0 Å². The molecule has 0 atom stereocenters. The van der Waals surface area contributed by atoms with Crippen molar-refractivity contribution in [2.24, 2.45) is 12.8 Å². The molecule has 0 amide bonds. The molecule has 6 nitrogen and oxygen atoms in total. The Balaban J connectivity index is 2.07. The Morgan fingerprint density at radius 3 is 2.69 bits per heavy atom. The quantitative estimate of drug-likeness (QED) is 0.770. The molecule has 3 N–H and O–H groups in total. The van der Waals surface area contributed by atoms with Crippen molar-refractivity contribution < 1.29 is 0 Å². The van der Waals surface area contributed by atoms with Gasteiger partial charge in [-0.15, -0.1) is 0 Å². The van der Waals surface area contributed by atoms with E-state index in [4.69, 9.17) is 5.73 Å². The molecule has 84 valence electrons. The molecule has 0 fully saturated rings. The van der Waals surface area contributed by atoms with Crippen LogP contribution >= 0.6 is 0 Å². The number of rotatable bonds is 4. The molecule has 0 aliphatic carbocycles. The minimum Gasteiger partial charge on any atom is -0.349 e. The van der Waals surface area contributed by atoms with Crippen LogP contribution in [0, 0.1) is 0 Å². The average Bonchev–Trinajstić information content (AvgIpc) is 2.72. The van der Waals surface area contributed by atoms with Crippen molar-refractivity contribution in [2.75, 3.05) is 5.32 Å². The highest BCUT2D eigenvalue weighted by atomic mass is 15.6. The van der Waals surface area contributed by atoms with E-state index in [1.54, 1.807) is 11.7 Å². The fourth-order valence-corrected chi connectivity index (χ4v) is 1.48. The molecular formula is C10H14N6. The molecule has 0 aliphatic rings. The molecular weight excluding hydrogens is 204 g/mol. The summed E-state index contributed by atoms with van der Waals surface area (Å²) in [5.41, 5.74) is 7.95. The van der Waals surface area contributed by atoms with Gasteiger partial charge < -0.3 is 11.1 Å². The predicted octanol–water partition coefficient (Wildman–Crippen LogP) is 0.281. The Hall–Kier alpha value is -1.95. The summed E-state index contributed by atoms with van der Waals surface area (Å²) in [5, 5.41) is 14.3. The molecule has 0 saturated carbocycles. The maximum Gasteiger partial charge on any atom is 0.242 e. The van der Waals surface area contributed by atoms with Crippen LogP contribution in [0.5, 0.6) is 0 Å². The smallest absolute Gasteiger partial charge is 0.242 e. The highest BCUT2D eigenvalue weighted by molar-refractivity contribution is 5.31. The molecule has 0 spiro atoms. The van der Waals surface area contributed by atoms with Crippen molar-refractivity contribution >= 4 is 5.95 Å². The number of aryl methyl sites for hydroxylation is 1. The van der Waals surface area contributed by atoms with E-state index < -0.39 is 0 Å². The maximum absolute atomic E-state index is 5.66. The van der Waals surface area contributed by atoms with Crippen LogP contribution in [0.25, 0.3) is 0 Å². The highest BCUT2D eigenvalue weighted by Crippen LogP contribution is 2.09. The second kappa shape index (κ2) is 4.71. The maximum atomic E-state index is 5.66. The first-order chi connectivity index (χ1) is 7.81. The Bertz CT molecular complexity index is 464. The summed E-state index contributed by atoms with van der Waals surface area (Å²) < 4.78 is 1.59. The lowest BCUT2D eigenvalue weighted by Crippen LogP contribution is -2.09. The normalized spacial score (nSPS) is 10.4. The van der Waals surface area contributed by atoms with Crippen molar-refractivity contribution in [1.82, 2.24) is 20.2 Å². The van der Waals surface area contributed by atoms with Gasteiger partial charge in [0.2, 0.25) is 5.95 Å². The summed E-state index contributed by atoms with van der Waals surface area (Å²) in [5.74, 6) is 0.645. The molecule has 0 aliphatic heterocycles. The number of benzene rings is 1. The van der Waals surface area contributed by atoms with E-state index in [0.717, 1.165) is 11.1 Å². The summed E-state index contributed by atoms with van der Waals surface area (Å²) in [6, 6.07) is 8.03. The second-order valence-corrected chi connectivity index (χ2v) is 3.45. The molecule has 0 bridgehead atoms. The van der Waals surface area contributed by atoms with Gasteiger partial charge in [-0.2, -0.15) is 0 Å². The molecule has 2 rings (SSSR count). The number of hydrogen-bond donors (Lipinski definition) is 2. The number of aromatic nitrogens is 4. The van der Waals surface area contributed by atoms with Gasteiger partial charge in [-0.25, -0.2) is 4.68 Å². The predicted molar refractivity (Wildman–Crippen MR) is 60.5 cm³/mol. The second-order valence-electron chi connectivity index (χ2n) is 3.45. The zero-order chi connectivity index (χ0) is 11.4. The fraction of sp³-hybridized carbons (Fsp3) is 0.300. The van der Waals surface area contributed by atoms with Gasteiger partial charge in [-0.05, 0) is 21.6 Å². The summed E-state index contributed by atoms with van der Waals surface area (Å²) in [6.45, 7) is 1.20. The third kappa shape index (κ3) is 2.17. The SMILES string of the molecule is Cn1nnnc1NCc1ccccc1CN. The van der Waals surface area contributed by atoms with Crippen LogP contribution in [0.2, 0.25) is 0 Å². The van der Waals surface area contributed by atoms with Crippen LogP contribution in [0.1, 0.15) is 11.1 Å². The van der Waals surface area contributed by atoms with Crippen molar-refractivity contribution in [2.45, 2.75) is 13.1 Å². The van der Waals surface area contributed by atoms with E-state index in [2.05, 4.69) is 20.8 Å². The standard InChI is InChI=1S/C10H14N6/c1-16-10(13-14-15-16)12-7-9-5-3-2-4-8(9)6-11/h2-5H,6-7,11H2,1H3,(H,12,13,15). The van der Waals surface area contributed by atoms with Crippen LogP contribution in [0.3, 0.4) is 0 Å². The summed E-state index contributed by atoms with van der Waals surface area (Å²) >= 11 is 0. The molecule has 0 unspecified atom stereocenters. The van der Waals surface area contributed by atoms with Crippen LogP contribution in [-0.4, -0.2) is 20.2 Å². The number of nitrogens with one attached hydrogen (secondary N) is 1. The molecule has 2 aromatic rings. The van der Waals surface area contributed by atoms with E-state index in [1.807, 2.05) is 24.3 Å². The van der Waals surface area contributed by atoms with Crippen LogP contribution in [0.15, 0.2) is 24.3 Å². The van der Waals surface area contributed by atoms with E-state index in [9.17, 15) is 0 Å². The van der Waals surface area contributed by atoms with Gasteiger partial charge in [0.1, 0.15) is 0 Å². The van der Waals surface area contributed by atoms with Crippen molar-refractivity contribution in [3.63, 3.8) is 0 Å². The van der Waals surface area contributed by atoms with Gasteiger partial charge in [0.25, 0.3) is 0 Å². The van der Waals surface area contributed by atoms with Crippen molar-refractivity contribution in [3.8, 4) is 0 Å². The average molecular weight is 218 g/mol. The Morgan fingerprint density at radius 2 is 2.06 bits per heavy atom. The van der Waals surface area contributed by atoms with Gasteiger partial charge in [-0.1, -0.05) is 29.4 Å². The lowest BCUT2D eigenvalue weighted by Gasteiger charge is -2.08. The van der Waals surface area contributed by atoms with E-state index in [1.165, 1.54) is 0 Å². The monoisotopic (exact) mass is 218 g/mol. The van der Waals surface area contributed by atoms with E-state index in [-0.39, 0.29) is 0 Å². The van der Waals surface area contributed by atoms with Crippen molar-refractivity contribution in [3.05, 3.63) is 35.4 Å². The zero-order valence-electron chi connectivity index (χ0n) is 9.09. The minimum absolute atomic E-state index is 0.537. The van der Waals surface area contributed by atoms with Gasteiger partial charge >= 0.3 is 0 Å². The van der Waals surface area contributed by atoms with Gasteiger partial charge in [-0.3, -0.25) is 0 Å². The minimum atomic E-state index is 0.537. The first-order valence-corrected chi connectivity index (χ1v) is 5.04. The highest BCUT2D eigenvalue weighted by Gasteiger charge is 2.03. The third-order valence-corrected chi connectivity index (χ3v) is 2.40. The largest absolute Gasteiger partial charge is 0.349 e.